The van der Waals surface area contributed by atoms with Gasteiger partial charge in [0.1, 0.15) is 11.4 Å². The molecule has 0 bridgehead atoms. The second-order valence-corrected chi connectivity index (χ2v) is 8.42. The van der Waals surface area contributed by atoms with Crippen molar-refractivity contribution in [2.75, 3.05) is 5.32 Å². The van der Waals surface area contributed by atoms with Crippen molar-refractivity contribution in [2.45, 2.75) is 39.8 Å². The van der Waals surface area contributed by atoms with E-state index in [1.807, 2.05) is 54.1 Å². The highest BCUT2D eigenvalue weighted by atomic mass is 32.1. The Kier molecular flexibility index (Phi) is 7.36. The minimum Gasteiger partial charge on any atom is -0.348 e. The van der Waals surface area contributed by atoms with Gasteiger partial charge >= 0.3 is 5.13 Å². The highest BCUT2D eigenvalue weighted by Gasteiger charge is 2.30. The Balaban J connectivity index is 1.82. The van der Waals surface area contributed by atoms with Crippen LogP contribution in [0.5, 0.6) is 0 Å². The fraction of sp³-hybridized carbons (Fsp3) is 0.304. The van der Waals surface area contributed by atoms with Crippen LogP contribution in [0.15, 0.2) is 60.0 Å². The molecule has 2 N–H and O–H groups in total. The topological polar surface area (TPSA) is 88.2 Å². The zero-order chi connectivity index (χ0) is 22.4. The highest BCUT2D eigenvalue weighted by molar-refractivity contribution is 7.13. The molecule has 0 radical (unpaired) electrons. The summed E-state index contributed by atoms with van der Waals surface area (Å²) in [6.45, 7) is 6.53. The second kappa shape index (κ2) is 10.2. The number of amides is 1. The van der Waals surface area contributed by atoms with Crippen molar-refractivity contribution in [3.05, 3.63) is 81.3 Å². The van der Waals surface area contributed by atoms with E-state index in [2.05, 4.69) is 17.6 Å². The summed E-state index contributed by atoms with van der Waals surface area (Å²) in [6, 6.07) is 15.8. The van der Waals surface area contributed by atoms with Crippen LogP contribution in [0.3, 0.4) is 0 Å². The lowest BCUT2D eigenvalue weighted by Crippen LogP contribution is -2.46. The number of aromatic nitrogens is 1. The van der Waals surface area contributed by atoms with Crippen molar-refractivity contribution in [3.8, 4) is 5.69 Å². The van der Waals surface area contributed by atoms with Gasteiger partial charge in [-0.2, -0.15) is 4.57 Å². The molecular formula is C23H27N4O3S+. The van der Waals surface area contributed by atoms with Gasteiger partial charge in [-0.15, -0.1) is 0 Å². The molecule has 1 amide bonds. The van der Waals surface area contributed by atoms with Crippen LogP contribution in [0.1, 0.15) is 32.0 Å². The first-order valence-electron chi connectivity index (χ1n) is 10.3. The molecule has 0 aliphatic rings. The van der Waals surface area contributed by atoms with Gasteiger partial charge in [0.05, 0.1) is 4.92 Å². The van der Waals surface area contributed by atoms with E-state index < -0.39 is 11.0 Å². The number of carbonyl (C=O) groups excluding carboxylic acids is 1. The Morgan fingerprint density at radius 3 is 2.39 bits per heavy atom. The monoisotopic (exact) mass is 439 g/mol. The van der Waals surface area contributed by atoms with Crippen LogP contribution >= 0.6 is 11.3 Å². The van der Waals surface area contributed by atoms with E-state index in [1.165, 1.54) is 23.5 Å². The van der Waals surface area contributed by atoms with Crippen LogP contribution in [0.2, 0.25) is 0 Å². The maximum atomic E-state index is 13.0. The number of non-ortho nitro benzene ring substituents is 1. The maximum Gasteiger partial charge on any atom is 0.339 e. The van der Waals surface area contributed by atoms with Crippen LogP contribution in [0.4, 0.5) is 10.8 Å². The summed E-state index contributed by atoms with van der Waals surface area (Å²) in [5.74, 6) is -0.00573. The summed E-state index contributed by atoms with van der Waals surface area (Å²) >= 11 is 1.52. The third-order valence-corrected chi connectivity index (χ3v) is 5.93. The van der Waals surface area contributed by atoms with Crippen molar-refractivity contribution in [3.63, 3.8) is 0 Å². The van der Waals surface area contributed by atoms with Gasteiger partial charge in [-0.3, -0.25) is 20.2 Å². The molecule has 0 saturated heterocycles. The Labute approximate surface area is 185 Å². The summed E-state index contributed by atoms with van der Waals surface area (Å²) in [5.41, 5.74) is 2.98. The smallest absolute Gasteiger partial charge is 0.339 e. The molecule has 7 nitrogen and oxygen atoms in total. The van der Waals surface area contributed by atoms with Crippen molar-refractivity contribution in [1.82, 2.24) is 5.32 Å². The van der Waals surface area contributed by atoms with Crippen molar-refractivity contribution in [2.24, 2.45) is 5.92 Å². The van der Waals surface area contributed by atoms with Crippen LogP contribution < -0.4 is 15.2 Å². The van der Waals surface area contributed by atoms with E-state index in [0.717, 1.165) is 28.5 Å². The molecule has 0 fully saturated rings. The van der Waals surface area contributed by atoms with E-state index in [0.29, 0.717) is 6.54 Å². The normalized spacial score (nSPS) is 11.9. The summed E-state index contributed by atoms with van der Waals surface area (Å²) in [6.07, 6.45) is 0.793. The number of rotatable bonds is 9. The summed E-state index contributed by atoms with van der Waals surface area (Å²) in [7, 11) is 0. The number of hydrogen-bond donors (Lipinski definition) is 2. The minimum atomic E-state index is -0.420. The molecular weight excluding hydrogens is 412 g/mol. The zero-order valence-electron chi connectivity index (χ0n) is 17.9. The molecule has 31 heavy (non-hydrogen) atoms. The molecule has 0 unspecified atom stereocenters. The van der Waals surface area contributed by atoms with Gasteiger partial charge in [0.2, 0.25) is 0 Å². The van der Waals surface area contributed by atoms with Crippen LogP contribution in [0.25, 0.3) is 5.69 Å². The number of aryl methyl sites for hydroxylation is 1. The molecule has 8 heteroatoms. The largest absolute Gasteiger partial charge is 0.348 e. The van der Waals surface area contributed by atoms with E-state index in [1.54, 1.807) is 12.1 Å². The number of nitro benzene ring substituents is 1. The molecule has 3 rings (SSSR count). The summed E-state index contributed by atoms with van der Waals surface area (Å²) in [5, 5.41) is 20.3. The first-order chi connectivity index (χ1) is 14.9. The Morgan fingerprint density at radius 2 is 1.81 bits per heavy atom. The van der Waals surface area contributed by atoms with Crippen molar-refractivity contribution in [1.29, 1.82) is 0 Å². The molecule has 0 aliphatic heterocycles. The van der Waals surface area contributed by atoms with Crippen LogP contribution in [-0.4, -0.2) is 16.9 Å². The lowest BCUT2D eigenvalue weighted by atomic mass is 10.0. The fourth-order valence-electron chi connectivity index (χ4n) is 3.27. The van der Waals surface area contributed by atoms with Crippen molar-refractivity contribution < 1.29 is 14.3 Å². The zero-order valence-corrected chi connectivity index (χ0v) is 18.7. The number of thiazole rings is 1. The molecule has 2 aromatic carbocycles. The Hall–Kier alpha value is -3.26. The number of nitro groups is 1. The molecule has 1 atom stereocenters. The number of hydrogen-bond acceptors (Lipinski definition) is 5. The van der Waals surface area contributed by atoms with Gasteiger partial charge in [0, 0.05) is 36.4 Å². The maximum absolute atomic E-state index is 13.0. The third-order valence-electron chi connectivity index (χ3n) is 5.02. The fourth-order valence-corrected chi connectivity index (χ4v) is 4.31. The molecule has 3 aromatic rings. The van der Waals surface area contributed by atoms with E-state index in [9.17, 15) is 14.9 Å². The number of benzene rings is 2. The standard InChI is InChI=1S/C23H26N4O3S/c1-4-18-15-31-23(26(18)19-10-12-20(13-11-19)27(29)30)25-21(16(2)3)22(28)24-14-17-8-6-5-7-9-17/h5-13,15-16,21H,4,14H2,1-3H3,(H,24,28)/p+1/t21-/m0/s1. The van der Waals surface area contributed by atoms with Gasteiger partial charge in [-0.25, -0.2) is 0 Å². The average molecular weight is 440 g/mol. The molecule has 0 saturated carbocycles. The molecule has 1 aromatic heterocycles. The van der Waals surface area contributed by atoms with E-state index in [4.69, 9.17) is 0 Å². The number of anilines is 1. The number of nitrogens with one attached hydrogen (secondary N) is 2. The predicted octanol–water partition coefficient (Wildman–Crippen LogP) is 4.25. The third kappa shape index (κ3) is 5.46. The molecule has 0 aliphatic carbocycles. The SMILES string of the molecule is CCc1csc(N[C@H](C(=O)NCc2ccccc2)C(C)C)[n+]1-c1ccc([N+](=O)[O-])cc1. The number of nitrogens with zero attached hydrogens (tertiary/aromatic N) is 2. The highest BCUT2D eigenvalue weighted by Crippen LogP contribution is 2.22. The lowest BCUT2D eigenvalue weighted by molar-refractivity contribution is -0.584. The van der Waals surface area contributed by atoms with Gasteiger partial charge in [0.25, 0.3) is 11.6 Å². The van der Waals surface area contributed by atoms with Gasteiger partial charge < -0.3 is 5.32 Å². The lowest BCUT2D eigenvalue weighted by Gasteiger charge is -2.18. The van der Waals surface area contributed by atoms with Crippen LogP contribution in [-0.2, 0) is 17.8 Å². The first kappa shape index (κ1) is 22.4. The quantitative estimate of drug-likeness (QED) is 0.296. The first-order valence-corrected chi connectivity index (χ1v) is 11.1. The Bertz CT molecular complexity index is 1030. The molecule has 1 heterocycles. The molecule has 162 valence electrons. The summed E-state index contributed by atoms with van der Waals surface area (Å²) in [4.78, 5) is 23.5. The van der Waals surface area contributed by atoms with E-state index in [-0.39, 0.29) is 17.5 Å². The average Bonchev–Trinajstić information content (AvgIpc) is 3.19. The Morgan fingerprint density at radius 1 is 1.13 bits per heavy atom. The van der Waals surface area contributed by atoms with Crippen LogP contribution in [0, 0.1) is 16.0 Å². The second-order valence-electron chi connectivity index (χ2n) is 7.56. The summed E-state index contributed by atoms with van der Waals surface area (Å²) < 4.78 is 2.02. The van der Waals surface area contributed by atoms with Crippen molar-refractivity contribution >= 4 is 28.1 Å². The van der Waals surface area contributed by atoms with Gasteiger partial charge in [0.15, 0.2) is 6.04 Å². The van der Waals surface area contributed by atoms with Gasteiger partial charge in [-0.05, 0) is 17.7 Å². The number of carbonyl (C=O) groups is 1. The van der Waals surface area contributed by atoms with Gasteiger partial charge in [-0.1, -0.05) is 62.4 Å². The van der Waals surface area contributed by atoms with E-state index >= 15 is 0 Å². The molecule has 0 spiro atoms. The predicted molar refractivity (Wildman–Crippen MR) is 122 cm³/mol. The minimum absolute atomic E-state index is 0.0486.